The third-order valence-electron chi connectivity index (χ3n) is 6.24. The number of hydrogen-bond acceptors (Lipinski definition) is 10. The van der Waals surface area contributed by atoms with Crippen molar-refractivity contribution in [1.29, 1.82) is 0 Å². The molecule has 2 fully saturated rings. The molecular weight excluding hydrogens is 506 g/mol. The van der Waals surface area contributed by atoms with Crippen LogP contribution in [0, 0.1) is 0 Å². The summed E-state index contributed by atoms with van der Waals surface area (Å²) in [6.07, 6.45) is 5.81. The summed E-state index contributed by atoms with van der Waals surface area (Å²) in [5.41, 5.74) is 0.842. The highest BCUT2D eigenvalue weighted by Gasteiger charge is 2.37. The lowest BCUT2D eigenvalue weighted by Crippen LogP contribution is -2.54. The van der Waals surface area contributed by atoms with Crippen molar-refractivity contribution in [1.82, 2.24) is 29.0 Å². The summed E-state index contributed by atoms with van der Waals surface area (Å²) in [6.45, 7) is 12.9. The summed E-state index contributed by atoms with van der Waals surface area (Å²) in [7, 11) is 1.59. The van der Waals surface area contributed by atoms with Crippen LogP contribution in [0.3, 0.4) is 0 Å². The minimum atomic E-state index is -0.685. The third kappa shape index (κ3) is 5.57. The number of aromatic nitrogens is 5. The average Bonchev–Trinajstić information content (AvgIpc) is 3.41. The number of methoxy groups -OCH3 is 1. The predicted molar refractivity (Wildman–Crippen MR) is 141 cm³/mol. The summed E-state index contributed by atoms with van der Waals surface area (Å²) in [5.74, 6) is 1.17. The van der Waals surface area contributed by atoms with Crippen molar-refractivity contribution in [2.24, 2.45) is 0 Å². The van der Waals surface area contributed by atoms with E-state index in [9.17, 15) is 9.59 Å². The van der Waals surface area contributed by atoms with Gasteiger partial charge in [0.1, 0.15) is 23.0 Å². The van der Waals surface area contributed by atoms with Crippen molar-refractivity contribution in [2.45, 2.75) is 64.9 Å². The van der Waals surface area contributed by atoms with Crippen molar-refractivity contribution in [3.8, 4) is 17.1 Å². The second-order valence-corrected chi connectivity index (χ2v) is 11.8. The molecule has 13 nitrogen and oxygen atoms in total. The number of rotatable bonds is 5. The number of hydrogen-bond donors (Lipinski definition) is 0. The minimum Gasteiger partial charge on any atom is -0.480 e. The first-order valence-corrected chi connectivity index (χ1v) is 12.9. The van der Waals surface area contributed by atoms with E-state index in [1.807, 2.05) is 47.1 Å². The SMILES string of the molecule is COc1c(-c2cnn(C3CN(C(=O)OC(C)(C)C)C3)c2)nc(N2CC(OC(=O)OC(C)(C)C)C2)c2nccn12. The van der Waals surface area contributed by atoms with Gasteiger partial charge in [0.25, 0.3) is 0 Å². The molecule has 2 saturated heterocycles. The number of nitrogens with zero attached hydrogens (tertiary/aromatic N) is 7. The number of imidazole rings is 1. The van der Waals surface area contributed by atoms with Gasteiger partial charge in [-0.15, -0.1) is 0 Å². The van der Waals surface area contributed by atoms with E-state index in [-0.39, 0.29) is 18.2 Å². The summed E-state index contributed by atoms with van der Waals surface area (Å²) >= 11 is 0. The zero-order chi connectivity index (χ0) is 28.1. The molecule has 5 rings (SSSR count). The minimum absolute atomic E-state index is 0.0369. The molecule has 0 atom stereocenters. The Bertz CT molecular complexity index is 1370. The molecule has 0 N–H and O–H groups in total. The average molecular weight is 542 g/mol. The molecule has 0 aromatic carbocycles. The second kappa shape index (κ2) is 9.62. The zero-order valence-corrected chi connectivity index (χ0v) is 23.4. The predicted octanol–water partition coefficient (Wildman–Crippen LogP) is 3.53. The van der Waals surface area contributed by atoms with Gasteiger partial charge in [-0.1, -0.05) is 0 Å². The quantitative estimate of drug-likeness (QED) is 0.443. The smallest absolute Gasteiger partial charge is 0.480 e. The molecule has 39 heavy (non-hydrogen) atoms. The number of likely N-dealkylation sites (tertiary alicyclic amines) is 1. The summed E-state index contributed by atoms with van der Waals surface area (Å²) < 4.78 is 25.6. The van der Waals surface area contributed by atoms with E-state index >= 15 is 0 Å². The topological polar surface area (TPSA) is 126 Å². The molecule has 3 aromatic heterocycles. The number of anilines is 1. The number of amides is 1. The van der Waals surface area contributed by atoms with Gasteiger partial charge in [-0.05, 0) is 41.5 Å². The molecular formula is C26H35N7O6. The van der Waals surface area contributed by atoms with E-state index in [4.69, 9.17) is 23.9 Å². The normalized spacial score (nSPS) is 16.6. The third-order valence-corrected chi connectivity index (χ3v) is 6.24. The van der Waals surface area contributed by atoms with E-state index in [1.54, 1.807) is 45.2 Å². The van der Waals surface area contributed by atoms with E-state index in [1.165, 1.54) is 0 Å². The van der Waals surface area contributed by atoms with Crippen LogP contribution >= 0.6 is 0 Å². The first-order chi connectivity index (χ1) is 18.3. The Balaban J connectivity index is 1.32. The second-order valence-electron chi connectivity index (χ2n) is 11.8. The Hall–Kier alpha value is -4.03. The van der Waals surface area contributed by atoms with Crippen molar-refractivity contribution in [3.05, 3.63) is 24.8 Å². The molecule has 210 valence electrons. The van der Waals surface area contributed by atoms with Gasteiger partial charge in [-0.3, -0.25) is 9.08 Å². The first kappa shape index (κ1) is 26.6. The van der Waals surface area contributed by atoms with E-state index < -0.39 is 17.4 Å². The molecule has 2 aliphatic rings. The number of ether oxygens (including phenoxy) is 4. The molecule has 0 saturated carbocycles. The Morgan fingerprint density at radius 2 is 1.69 bits per heavy atom. The highest BCUT2D eigenvalue weighted by molar-refractivity contribution is 5.75. The Morgan fingerprint density at radius 1 is 1.00 bits per heavy atom. The van der Waals surface area contributed by atoms with Crippen molar-refractivity contribution < 1.29 is 28.5 Å². The molecule has 0 radical (unpaired) electrons. The highest BCUT2D eigenvalue weighted by atomic mass is 16.7. The van der Waals surface area contributed by atoms with Gasteiger partial charge < -0.3 is 28.7 Å². The standard InChI is InChI=1S/C26H35N7O6/c1-25(2,3)38-23(34)31-12-17(13-31)33-11-16(10-28-33)19-22(36-7)32-9-8-27-20(32)21(29-19)30-14-18(15-30)37-24(35)39-26(4,5)6/h8-11,17-18H,12-15H2,1-7H3. The molecule has 0 spiro atoms. The molecule has 0 unspecified atom stereocenters. The van der Waals surface area contributed by atoms with Gasteiger partial charge in [-0.2, -0.15) is 5.10 Å². The van der Waals surface area contributed by atoms with Crippen LogP contribution in [0.25, 0.3) is 16.9 Å². The Labute approximate surface area is 226 Å². The molecule has 3 aromatic rings. The molecule has 1 amide bonds. The molecule has 0 aliphatic carbocycles. The van der Waals surface area contributed by atoms with Crippen molar-refractivity contribution >= 4 is 23.7 Å². The van der Waals surface area contributed by atoms with Crippen LogP contribution < -0.4 is 9.64 Å². The lowest BCUT2D eigenvalue weighted by Gasteiger charge is -2.39. The Kier molecular flexibility index (Phi) is 6.55. The van der Waals surface area contributed by atoms with Crippen LogP contribution in [0.15, 0.2) is 24.8 Å². The van der Waals surface area contributed by atoms with Gasteiger partial charge in [0.05, 0.1) is 32.4 Å². The number of carbonyl (C=O) groups excluding carboxylic acids is 2. The largest absolute Gasteiger partial charge is 0.509 e. The molecule has 5 heterocycles. The molecule has 13 heteroatoms. The lowest BCUT2D eigenvalue weighted by molar-refractivity contribution is -0.0320. The maximum Gasteiger partial charge on any atom is 0.509 e. The van der Waals surface area contributed by atoms with Crippen LogP contribution in [-0.4, -0.2) is 91.9 Å². The maximum absolute atomic E-state index is 12.3. The number of fused-ring (bicyclic) bond motifs is 1. The van der Waals surface area contributed by atoms with Crippen molar-refractivity contribution in [3.63, 3.8) is 0 Å². The fourth-order valence-corrected chi connectivity index (χ4v) is 4.40. The molecule has 2 aliphatic heterocycles. The zero-order valence-electron chi connectivity index (χ0n) is 23.4. The number of carbonyl (C=O) groups is 2. The summed E-state index contributed by atoms with van der Waals surface area (Å²) in [4.78, 5) is 37.4. The van der Waals surface area contributed by atoms with Crippen molar-refractivity contribution in [2.75, 3.05) is 38.2 Å². The van der Waals surface area contributed by atoms with Gasteiger partial charge in [0, 0.05) is 37.2 Å². The van der Waals surface area contributed by atoms with Crippen LogP contribution in [0.4, 0.5) is 15.4 Å². The van der Waals surface area contributed by atoms with Gasteiger partial charge >= 0.3 is 12.2 Å². The summed E-state index contributed by atoms with van der Waals surface area (Å²) in [5, 5.41) is 4.54. The highest BCUT2D eigenvalue weighted by Crippen LogP contribution is 2.35. The van der Waals surface area contributed by atoms with Crippen LogP contribution in [0.2, 0.25) is 0 Å². The van der Waals surface area contributed by atoms with Gasteiger partial charge in [0.15, 0.2) is 11.5 Å². The van der Waals surface area contributed by atoms with Crippen LogP contribution in [0.5, 0.6) is 5.88 Å². The summed E-state index contributed by atoms with van der Waals surface area (Å²) in [6, 6.07) is 0.0369. The first-order valence-electron chi connectivity index (χ1n) is 12.9. The van der Waals surface area contributed by atoms with E-state index in [0.717, 1.165) is 5.56 Å². The van der Waals surface area contributed by atoms with E-state index in [2.05, 4.69) is 10.1 Å². The van der Waals surface area contributed by atoms with Crippen LogP contribution in [0.1, 0.15) is 47.6 Å². The van der Waals surface area contributed by atoms with Gasteiger partial charge in [-0.25, -0.2) is 19.6 Å². The fourth-order valence-electron chi connectivity index (χ4n) is 4.40. The van der Waals surface area contributed by atoms with Gasteiger partial charge in [0.2, 0.25) is 5.88 Å². The maximum atomic E-state index is 12.3. The molecule has 0 bridgehead atoms. The monoisotopic (exact) mass is 541 g/mol. The van der Waals surface area contributed by atoms with E-state index in [0.29, 0.717) is 49.2 Å². The van der Waals surface area contributed by atoms with Crippen LogP contribution in [-0.2, 0) is 14.2 Å². The lowest BCUT2D eigenvalue weighted by atomic mass is 10.1. The Morgan fingerprint density at radius 3 is 2.33 bits per heavy atom. The fraction of sp³-hybridized carbons (Fsp3) is 0.577.